The Bertz CT molecular complexity index is 660. The minimum Gasteiger partial charge on any atom is -0.475 e. The summed E-state index contributed by atoms with van der Waals surface area (Å²) in [5.41, 5.74) is 6.10. The molecule has 0 fully saturated rings. The summed E-state index contributed by atoms with van der Waals surface area (Å²) in [6.45, 7) is 0. The van der Waals surface area contributed by atoms with Gasteiger partial charge in [-0.1, -0.05) is 30.0 Å². The van der Waals surface area contributed by atoms with Crippen LogP contribution in [0.4, 0.5) is 4.39 Å². The van der Waals surface area contributed by atoms with Crippen LogP contribution >= 0.6 is 11.8 Å². The average Bonchev–Trinajstić information content (AvgIpc) is 2.54. The number of hydrogen-bond donors (Lipinski definition) is 1. The third-order valence-corrected chi connectivity index (χ3v) is 3.96. The van der Waals surface area contributed by atoms with Gasteiger partial charge in [0.2, 0.25) is 6.10 Å². The van der Waals surface area contributed by atoms with E-state index in [1.807, 2.05) is 18.2 Å². The first-order valence-electron chi connectivity index (χ1n) is 5.67. The van der Waals surface area contributed by atoms with E-state index in [0.717, 1.165) is 4.90 Å². The van der Waals surface area contributed by atoms with Gasteiger partial charge >= 0.3 is 0 Å². The number of amides is 1. The van der Waals surface area contributed by atoms with Crippen molar-refractivity contribution in [2.45, 2.75) is 15.9 Å². The van der Waals surface area contributed by atoms with Gasteiger partial charge in [0, 0.05) is 10.5 Å². The zero-order valence-electron chi connectivity index (χ0n) is 9.80. The molecule has 1 aliphatic rings. The number of benzene rings is 2. The van der Waals surface area contributed by atoms with Crippen molar-refractivity contribution < 1.29 is 13.9 Å². The molecule has 1 amide bonds. The molecule has 2 N–H and O–H groups in total. The van der Waals surface area contributed by atoms with Crippen LogP contribution in [0.1, 0.15) is 11.7 Å². The molecule has 0 spiro atoms. The lowest BCUT2D eigenvalue weighted by molar-refractivity contribution is -0.125. The summed E-state index contributed by atoms with van der Waals surface area (Å²) in [4.78, 5) is 13.0. The summed E-state index contributed by atoms with van der Waals surface area (Å²) >= 11 is 1.37. The monoisotopic (exact) mass is 275 g/mol. The molecule has 2 aromatic rings. The normalized spacial score (nSPS) is 16.8. The first-order chi connectivity index (χ1) is 9.15. The summed E-state index contributed by atoms with van der Waals surface area (Å²) < 4.78 is 18.9. The zero-order chi connectivity index (χ0) is 13.4. The highest BCUT2D eigenvalue weighted by atomic mass is 32.2. The number of carbonyl (C=O) groups excluding carboxylic acids is 1. The molecule has 3 rings (SSSR count). The zero-order valence-corrected chi connectivity index (χ0v) is 10.6. The summed E-state index contributed by atoms with van der Waals surface area (Å²) in [5.74, 6) is -0.443. The van der Waals surface area contributed by atoms with Gasteiger partial charge in [0.1, 0.15) is 11.6 Å². The predicted molar refractivity (Wildman–Crippen MR) is 69.5 cm³/mol. The maximum absolute atomic E-state index is 13.3. The minimum atomic E-state index is -0.851. The topological polar surface area (TPSA) is 52.3 Å². The molecule has 0 aliphatic carbocycles. The first-order valence-corrected chi connectivity index (χ1v) is 6.49. The number of rotatable bonds is 1. The Morgan fingerprint density at radius 2 is 2.00 bits per heavy atom. The number of primary amides is 1. The van der Waals surface area contributed by atoms with Gasteiger partial charge in [0.25, 0.3) is 5.91 Å². The van der Waals surface area contributed by atoms with E-state index in [1.165, 1.54) is 30.0 Å². The lowest BCUT2D eigenvalue weighted by atomic mass is 10.1. The lowest BCUT2D eigenvalue weighted by Gasteiger charge is -2.15. The van der Waals surface area contributed by atoms with E-state index in [2.05, 4.69) is 0 Å². The van der Waals surface area contributed by atoms with Crippen molar-refractivity contribution in [3.8, 4) is 5.75 Å². The molecular formula is C14H10FNO2S. The molecule has 1 unspecified atom stereocenters. The second kappa shape index (κ2) is 4.59. The Balaban J connectivity index is 2.17. The number of carbonyl (C=O) groups is 1. The van der Waals surface area contributed by atoms with Crippen LogP contribution in [0, 0.1) is 5.82 Å². The molecule has 0 saturated heterocycles. The fourth-order valence-electron chi connectivity index (χ4n) is 1.97. The van der Waals surface area contributed by atoms with Gasteiger partial charge in [-0.05, 0) is 24.3 Å². The fourth-order valence-corrected chi connectivity index (χ4v) is 3.03. The third kappa shape index (κ3) is 2.17. The van der Waals surface area contributed by atoms with Crippen molar-refractivity contribution in [2.75, 3.05) is 0 Å². The number of ether oxygens (including phenoxy) is 1. The Kier molecular flexibility index (Phi) is 2.91. The van der Waals surface area contributed by atoms with Crippen LogP contribution in [-0.4, -0.2) is 5.91 Å². The van der Waals surface area contributed by atoms with Crippen molar-refractivity contribution in [1.82, 2.24) is 0 Å². The Morgan fingerprint density at radius 1 is 1.21 bits per heavy atom. The summed E-state index contributed by atoms with van der Waals surface area (Å²) in [6.07, 6.45) is -0.851. The van der Waals surface area contributed by atoms with Gasteiger partial charge in [-0.2, -0.15) is 0 Å². The van der Waals surface area contributed by atoms with E-state index in [-0.39, 0.29) is 5.82 Å². The molecule has 0 aromatic heterocycles. The van der Waals surface area contributed by atoms with E-state index in [1.54, 1.807) is 6.07 Å². The summed E-state index contributed by atoms with van der Waals surface area (Å²) in [7, 11) is 0. The molecule has 3 nitrogen and oxygen atoms in total. The van der Waals surface area contributed by atoms with E-state index >= 15 is 0 Å². The second-order valence-electron chi connectivity index (χ2n) is 4.13. The van der Waals surface area contributed by atoms with Crippen molar-refractivity contribution in [1.29, 1.82) is 0 Å². The molecule has 2 aromatic carbocycles. The van der Waals surface area contributed by atoms with Gasteiger partial charge < -0.3 is 10.5 Å². The van der Waals surface area contributed by atoms with Crippen molar-refractivity contribution in [3.63, 3.8) is 0 Å². The van der Waals surface area contributed by atoms with Crippen LogP contribution in [0.2, 0.25) is 0 Å². The van der Waals surface area contributed by atoms with Crippen LogP contribution in [0.25, 0.3) is 0 Å². The van der Waals surface area contributed by atoms with Gasteiger partial charge in [0.15, 0.2) is 0 Å². The highest BCUT2D eigenvalue weighted by Crippen LogP contribution is 2.43. The van der Waals surface area contributed by atoms with E-state index in [4.69, 9.17) is 10.5 Å². The number of nitrogens with two attached hydrogens (primary N) is 1. The first kappa shape index (κ1) is 12.0. The maximum atomic E-state index is 13.3. The van der Waals surface area contributed by atoms with Crippen LogP contribution in [0.5, 0.6) is 5.75 Å². The molecule has 1 aliphatic heterocycles. The second-order valence-corrected chi connectivity index (χ2v) is 5.21. The Morgan fingerprint density at radius 3 is 2.79 bits per heavy atom. The lowest BCUT2D eigenvalue weighted by Crippen LogP contribution is -2.26. The molecule has 0 saturated carbocycles. The standard InChI is InChI=1S/C14H10FNO2S/c15-8-5-6-10-12(7-8)19-11-4-2-1-3-9(11)13(18-10)14(16)17/h1-7,13H,(H2,16,17). The van der Waals surface area contributed by atoms with Crippen LogP contribution < -0.4 is 10.5 Å². The smallest absolute Gasteiger partial charge is 0.263 e. The molecule has 0 radical (unpaired) electrons. The molecule has 0 bridgehead atoms. The minimum absolute atomic E-state index is 0.343. The van der Waals surface area contributed by atoms with Gasteiger partial charge in [-0.25, -0.2) is 4.39 Å². The maximum Gasteiger partial charge on any atom is 0.263 e. The number of fused-ring (bicyclic) bond motifs is 2. The molecular weight excluding hydrogens is 265 g/mol. The van der Waals surface area contributed by atoms with E-state index in [0.29, 0.717) is 16.2 Å². The van der Waals surface area contributed by atoms with Gasteiger partial charge in [0.05, 0.1) is 4.90 Å². The van der Waals surface area contributed by atoms with Crippen molar-refractivity contribution >= 4 is 17.7 Å². The van der Waals surface area contributed by atoms with E-state index in [9.17, 15) is 9.18 Å². The van der Waals surface area contributed by atoms with Crippen molar-refractivity contribution in [2.24, 2.45) is 5.73 Å². The van der Waals surface area contributed by atoms with Crippen molar-refractivity contribution in [3.05, 3.63) is 53.8 Å². The Hall–Kier alpha value is -2.01. The fraction of sp³-hybridized carbons (Fsp3) is 0.0714. The van der Waals surface area contributed by atoms with Gasteiger partial charge in [-0.3, -0.25) is 4.79 Å². The van der Waals surface area contributed by atoms with E-state index < -0.39 is 12.0 Å². The van der Waals surface area contributed by atoms with Gasteiger partial charge in [-0.15, -0.1) is 0 Å². The summed E-state index contributed by atoms with van der Waals surface area (Å²) in [5, 5.41) is 0. The Labute approximate surface area is 113 Å². The molecule has 1 atom stereocenters. The number of hydrogen-bond acceptors (Lipinski definition) is 3. The SMILES string of the molecule is NC(=O)C1Oc2ccc(F)cc2Sc2ccccc21. The van der Waals surface area contributed by atoms with Crippen LogP contribution in [-0.2, 0) is 4.79 Å². The largest absolute Gasteiger partial charge is 0.475 e. The number of halogens is 1. The van der Waals surface area contributed by atoms with Crippen LogP contribution in [0.15, 0.2) is 52.3 Å². The average molecular weight is 275 g/mol. The third-order valence-electron chi connectivity index (χ3n) is 2.83. The molecule has 19 heavy (non-hydrogen) atoms. The summed E-state index contributed by atoms with van der Waals surface area (Å²) in [6, 6.07) is 11.5. The molecule has 1 heterocycles. The highest BCUT2D eigenvalue weighted by molar-refractivity contribution is 7.99. The molecule has 96 valence electrons. The highest BCUT2D eigenvalue weighted by Gasteiger charge is 2.27. The quantitative estimate of drug-likeness (QED) is 0.870. The predicted octanol–water partition coefficient (Wildman–Crippen LogP) is 2.90. The molecule has 5 heteroatoms. The van der Waals surface area contributed by atoms with Crippen LogP contribution in [0.3, 0.4) is 0 Å².